The zero-order chi connectivity index (χ0) is 21.7. The molecule has 162 valence electrons. The minimum absolute atomic E-state index is 0.0799. The van der Waals surface area contributed by atoms with Gasteiger partial charge in [0.2, 0.25) is 17.7 Å². The predicted molar refractivity (Wildman–Crippen MR) is 106 cm³/mol. The number of methoxy groups -OCH3 is 1. The van der Waals surface area contributed by atoms with E-state index in [4.69, 9.17) is 14.2 Å². The Bertz CT molecular complexity index is 987. The second-order valence-electron chi connectivity index (χ2n) is 8.22. The van der Waals surface area contributed by atoms with Gasteiger partial charge < -0.3 is 19.5 Å². The first-order chi connectivity index (χ1) is 15.0. The number of esters is 1. The number of nitrogens with one attached hydrogen (secondary N) is 1. The summed E-state index contributed by atoms with van der Waals surface area (Å²) in [6, 6.07) is 3.21. The van der Waals surface area contributed by atoms with Crippen LogP contribution in [-0.4, -0.2) is 55.5 Å². The summed E-state index contributed by atoms with van der Waals surface area (Å²) in [5.74, 6) is -1.16. The highest BCUT2D eigenvalue weighted by molar-refractivity contribution is 6.09. The number of fused-ring (bicyclic) bond motifs is 6. The summed E-state index contributed by atoms with van der Waals surface area (Å²) in [6.07, 6.45) is 4.77. The Balaban J connectivity index is 1.34. The Morgan fingerprint density at radius 3 is 2.29 bits per heavy atom. The zero-order valence-corrected chi connectivity index (χ0v) is 17.0. The Morgan fingerprint density at radius 2 is 1.68 bits per heavy atom. The van der Waals surface area contributed by atoms with Gasteiger partial charge in [-0.1, -0.05) is 12.2 Å². The molecular weight excluding hydrogens is 404 g/mol. The van der Waals surface area contributed by atoms with Crippen molar-refractivity contribution < 1.29 is 33.4 Å². The maximum absolute atomic E-state index is 12.8. The van der Waals surface area contributed by atoms with Crippen LogP contribution in [0.5, 0.6) is 11.5 Å². The Kier molecular flexibility index (Phi) is 4.68. The lowest BCUT2D eigenvalue weighted by atomic mass is 9.85. The third-order valence-electron chi connectivity index (χ3n) is 6.47. The van der Waals surface area contributed by atoms with Crippen LogP contribution in [0.3, 0.4) is 0 Å². The van der Waals surface area contributed by atoms with Crippen molar-refractivity contribution in [2.75, 3.05) is 32.2 Å². The Hall–Kier alpha value is -3.36. The highest BCUT2D eigenvalue weighted by atomic mass is 16.6. The van der Waals surface area contributed by atoms with E-state index in [1.165, 1.54) is 7.11 Å². The molecule has 1 aromatic rings. The molecule has 0 unspecified atom stereocenters. The topological polar surface area (TPSA) is 111 Å². The van der Waals surface area contributed by atoms with E-state index < -0.39 is 11.9 Å². The SMILES string of the molecule is COC(=O)Cc1cc2c(cc1NC(=O)CN1C(=O)[C@@H]3[C@@H](C1=O)[C@H]1C=C[C@H]3C1)OCCO2. The van der Waals surface area contributed by atoms with Gasteiger partial charge in [-0.25, -0.2) is 0 Å². The molecule has 2 aliphatic carbocycles. The van der Waals surface area contributed by atoms with Gasteiger partial charge in [-0.3, -0.25) is 24.1 Å². The van der Waals surface area contributed by atoms with Crippen LogP contribution in [0.1, 0.15) is 12.0 Å². The van der Waals surface area contributed by atoms with Crippen LogP contribution >= 0.6 is 0 Å². The van der Waals surface area contributed by atoms with E-state index in [2.05, 4.69) is 5.32 Å². The van der Waals surface area contributed by atoms with Crippen molar-refractivity contribution in [3.63, 3.8) is 0 Å². The summed E-state index contributed by atoms with van der Waals surface area (Å²) in [7, 11) is 1.28. The van der Waals surface area contributed by atoms with Gasteiger partial charge in [0.25, 0.3) is 0 Å². The number of amides is 3. The number of ether oxygens (including phenoxy) is 3. The average Bonchev–Trinajstić information content (AvgIpc) is 3.44. The predicted octanol–water partition coefficient (Wildman–Crippen LogP) is 0.919. The molecule has 4 aliphatic rings. The molecule has 2 fully saturated rings. The quantitative estimate of drug-likeness (QED) is 0.423. The number of carbonyl (C=O) groups excluding carboxylic acids is 4. The summed E-state index contributed by atoms with van der Waals surface area (Å²) in [5, 5.41) is 2.72. The number of hydrogen-bond acceptors (Lipinski definition) is 7. The van der Waals surface area contributed by atoms with E-state index in [9.17, 15) is 19.2 Å². The van der Waals surface area contributed by atoms with Crippen LogP contribution < -0.4 is 14.8 Å². The normalized spacial score (nSPS) is 27.5. The second-order valence-corrected chi connectivity index (χ2v) is 8.22. The third-order valence-corrected chi connectivity index (χ3v) is 6.47. The molecule has 1 saturated heterocycles. The molecule has 1 aromatic carbocycles. The minimum Gasteiger partial charge on any atom is -0.486 e. The maximum atomic E-state index is 12.8. The van der Waals surface area contributed by atoms with Gasteiger partial charge in [-0.2, -0.15) is 0 Å². The van der Waals surface area contributed by atoms with E-state index in [0.717, 1.165) is 11.3 Å². The molecule has 0 aromatic heterocycles. The monoisotopic (exact) mass is 426 g/mol. The molecule has 31 heavy (non-hydrogen) atoms. The number of rotatable bonds is 5. The van der Waals surface area contributed by atoms with Gasteiger partial charge in [0.05, 0.1) is 25.4 Å². The van der Waals surface area contributed by atoms with Crippen molar-refractivity contribution in [1.29, 1.82) is 0 Å². The van der Waals surface area contributed by atoms with Crippen molar-refractivity contribution >= 4 is 29.4 Å². The molecule has 1 N–H and O–H groups in total. The second kappa shape index (κ2) is 7.40. The first-order valence-corrected chi connectivity index (χ1v) is 10.3. The number of carbonyl (C=O) groups is 4. The van der Waals surface area contributed by atoms with Crippen molar-refractivity contribution in [2.24, 2.45) is 23.7 Å². The van der Waals surface area contributed by atoms with E-state index in [1.54, 1.807) is 12.1 Å². The van der Waals surface area contributed by atoms with E-state index in [1.807, 2.05) is 12.2 Å². The van der Waals surface area contributed by atoms with Gasteiger partial charge in [0.15, 0.2) is 11.5 Å². The summed E-state index contributed by atoms with van der Waals surface area (Å²) in [4.78, 5) is 51.3. The molecule has 0 spiro atoms. The fourth-order valence-corrected chi connectivity index (χ4v) is 5.07. The zero-order valence-electron chi connectivity index (χ0n) is 17.0. The highest BCUT2D eigenvalue weighted by Crippen LogP contribution is 2.52. The van der Waals surface area contributed by atoms with Gasteiger partial charge in [0, 0.05) is 11.8 Å². The highest BCUT2D eigenvalue weighted by Gasteiger charge is 2.59. The molecular formula is C22H22N2O7. The molecule has 3 amide bonds. The third kappa shape index (κ3) is 3.24. The number of benzene rings is 1. The first kappa shape index (κ1) is 19.6. The van der Waals surface area contributed by atoms with Crippen LogP contribution in [0.4, 0.5) is 5.69 Å². The first-order valence-electron chi connectivity index (χ1n) is 10.3. The summed E-state index contributed by atoms with van der Waals surface area (Å²) >= 11 is 0. The molecule has 2 heterocycles. The Morgan fingerprint density at radius 1 is 1.06 bits per heavy atom. The molecule has 1 saturated carbocycles. The maximum Gasteiger partial charge on any atom is 0.310 e. The van der Waals surface area contributed by atoms with Crippen molar-refractivity contribution in [2.45, 2.75) is 12.8 Å². The van der Waals surface area contributed by atoms with Crippen molar-refractivity contribution in [3.05, 3.63) is 29.8 Å². The molecule has 9 heteroatoms. The molecule has 2 aliphatic heterocycles. The van der Waals surface area contributed by atoms with Crippen molar-refractivity contribution in [3.8, 4) is 11.5 Å². The summed E-state index contributed by atoms with van der Waals surface area (Å²) in [6.45, 7) is 0.387. The summed E-state index contributed by atoms with van der Waals surface area (Å²) < 4.78 is 15.8. The number of imide groups is 1. The molecule has 5 rings (SSSR count). The molecule has 9 nitrogen and oxygen atoms in total. The lowest BCUT2D eigenvalue weighted by Crippen LogP contribution is -2.39. The molecule has 2 bridgehead atoms. The van der Waals surface area contributed by atoms with Crippen molar-refractivity contribution in [1.82, 2.24) is 4.90 Å². The fraction of sp³-hybridized carbons (Fsp3) is 0.455. The van der Waals surface area contributed by atoms with Crippen LogP contribution in [-0.2, 0) is 30.3 Å². The molecule has 0 radical (unpaired) electrons. The van der Waals surface area contributed by atoms with Crippen LogP contribution in [0, 0.1) is 23.7 Å². The van der Waals surface area contributed by atoms with Crippen LogP contribution in [0.2, 0.25) is 0 Å². The number of anilines is 1. The molecule has 4 atom stereocenters. The summed E-state index contributed by atoms with van der Waals surface area (Å²) in [5.41, 5.74) is 0.836. The standard InChI is InChI=1S/C22H22N2O7/c1-29-18(26)8-13-7-15-16(31-5-4-30-15)9-14(13)23-17(25)10-24-21(27)19-11-2-3-12(6-11)20(19)22(24)28/h2-3,7,9,11-12,19-20H,4-6,8,10H2,1H3,(H,23,25)/t11-,12-,19-,20-/m0/s1. The minimum atomic E-state index is -0.523. The largest absolute Gasteiger partial charge is 0.486 e. The number of allylic oxidation sites excluding steroid dienone is 2. The van der Waals surface area contributed by atoms with Gasteiger partial charge >= 0.3 is 5.97 Å². The number of likely N-dealkylation sites (tertiary alicyclic amines) is 1. The number of hydrogen-bond donors (Lipinski definition) is 1. The van der Waals surface area contributed by atoms with Crippen LogP contribution in [0.15, 0.2) is 24.3 Å². The van der Waals surface area contributed by atoms with Gasteiger partial charge in [0.1, 0.15) is 19.8 Å². The van der Waals surface area contributed by atoms with Gasteiger partial charge in [-0.05, 0) is 29.9 Å². The van der Waals surface area contributed by atoms with Crippen LogP contribution in [0.25, 0.3) is 0 Å². The fourth-order valence-electron chi connectivity index (χ4n) is 5.07. The Labute approximate surface area is 178 Å². The van der Waals surface area contributed by atoms with E-state index >= 15 is 0 Å². The van der Waals surface area contributed by atoms with E-state index in [-0.39, 0.29) is 48.5 Å². The van der Waals surface area contributed by atoms with E-state index in [0.29, 0.717) is 36.0 Å². The lowest BCUT2D eigenvalue weighted by Gasteiger charge is -2.22. The lowest BCUT2D eigenvalue weighted by molar-refractivity contribution is -0.143. The van der Waals surface area contributed by atoms with Gasteiger partial charge in [-0.15, -0.1) is 0 Å². The average molecular weight is 426 g/mol. The number of nitrogens with zero attached hydrogens (tertiary/aromatic N) is 1. The smallest absolute Gasteiger partial charge is 0.310 e.